The summed E-state index contributed by atoms with van der Waals surface area (Å²) in [7, 11) is 0. The topological polar surface area (TPSA) is 75.7 Å². The Bertz CT molecular complexity index is 658. The molecule has 0 spiro atoms. The van der Waals surface area contributed by atoms with Crippen LogP contribution >= 0.6 is 0 Å². The Morgan fingerprint density at radius 1 is 1.12 bits per heavy atom. The van der Waals surface area contributed by atoms with Gasteiger partial charge in [-0.15, -0.1) is 0 Å². The normalized spacial score (nSPS) is 23.4. The molecule has 0 saturated heterocycles. The van der Waals surface area contributed by atoms with Crippen LogP contribution in [0.4, 0.5) is 4.79 Å². The van der Waals surface area contributed by atoms with Gasteiger partial charge in [0, 0.05) is 0 Å². The second kappa shape index (κ2) is 5.92. The summed E-state index contributed by atoms with van der Waals surface area (Å²) in [6.07, 6.45) is 1.73. The number of rotatable bonds is 2. The molecule has 1 aromatic carbocycles. The van der Waals surface area contributed by atoms with Gasteiger partial charge in [0.2, 0.25) is 0 Å². The van der Waals surface area contributed by atoms with Gasteiger partial charge in [-0.3, -0.25) is 14.5 Å². The molecular formula is C18H22N2O4. The molecule has 1 saturated carbocycles. The van der Waals surface area contributed by atoms with Gasteiger partial charge in [0.25, 0.3) is 11.8 Å². The number of carbonyl (C=O) groups is 3. The molecule has 1 aliphatic carbocycles. The number of alkyl carbamates (subject to hydrolysis) is 1. The number of benzene rings is 1. The first-order valence-electron chi connectivity index (χ1n) is 8.24. The number of carbonyl (C=O) groups excluding carboxylic acids is 3. The molecule has 1 fully saturated rings. The number of amides is 3. The van der Waals surface area contributed by atoms with E-state index in [1.165, 1.54) is 4.90 Å². The van der Waals surface area contributed by atoms with Gasteiger partial charge < -0.3 is 10.1 Å². The number of nitrogens with one attached hydrogen (secondary N) is 1. The zero-order valence-corrected chi connectivity index (χ0v) is 14.2. The third-order valence-corrected chi connectivity index (χ3v) is 4.34. The molecule has 2 aliphatic rings. The minimum absolute atomic E-state index is 0.276. The van der Waals surface area contributed by atoms with Gasteiger partial charge in [-0.05, 0) is 52.2 Å². The van der Waals surface area contributed by atoms with Crippen LogP contribution in [0.25, 0.3) is 0 Å². The van der Waals surface area contributed by atoms with Crippen LogP contribution in [0.2, 0.25) is 0 Å². The Morgan fingerprint density at radius 3 is 2.25 bits per heavy atom. The molecule has 1 aromatic rings. The first-order valence-corrected chi connectivity index (χ1v) is 8.24. The minimum atomic E-state index is -0.590. The van der Waals surface area contributed by atoms with Crippen LogP contribution < -0.4 is 5.32 Å². The molecule has 0 radical (unpaired) electrons. The first-order chi connectivity index (χ1) is 11.3. The fourth-order valence-corrected chi connectivity index (χ4v) is 3.39. The van der Waals surface area contributed by atoms with Crippen LogP contribution in [0.5, 0.6) is 0 Å². The van der Waals surface area contributed by atoms with E-state index in [1.807, 2.05) is 0 Å². The summed E-state index contributed by atoms with van der Waals surface area (Å²) in [5, 5.41) is 2.82. The molecule has 1 aliphatic heterocycles. The number of nitrogens with zero attached hydrogens (tertiary/aromatic N) is 1. The van der Waals surface area contributed by atoms with Crippen LogP contribution in [0.15, 0.2) is 24.3 Å². The highest BCUT2D eigenvalue weighted by atomic mass is 16.6. The third-order valence-electron chi connectivity index (χ3n) is 4.34. The van der Waals surface area contributed by atoms with E-state index in [0.29, 0.717) is 17.5 Å². The van der Waals surface area contributed by atoms with Crippen molar-refractivity contribution in [1.82, 2.24) is 10.2 Å². The van der Waals surface area contributed by atoms with Crippen molar-refractivity contribution >= 4 is 17.9 Å². The van der Waals surface area contributed by atoms with E-state index >= 15 is 0 Å². The van der Waals surface area contributed by atoms with E-state index in [-0.39, 0.29) is 23.9 Å². The van der Waals surface area contributed by atoms with Crippen molar-refractivity contribution in [1.29, 1.82) is 0 Å². The van der Waals surface area contributed by atoms with E-state index in [2.05, 4.69) is 5.32 Å². The summed E-state index contributed by atoms with van der Waals surface area (Å²) in [6, 6.07) is 6.23. The molecule has 3 amide bonds. The van der Waals surface area contributed by atoms with Crippen LogP contribution in [-0.2, 0) is 4.74 Å². The predicted molar refractivity (Wildman–Crippen MR) is 87.7 cm³/mol. The Morgan fingerprint density at radius 2 is 1.71 bits per heavy atom. The summed E-state index contributed by atoms with van der Waals surface area (Å²) in [5.41, 5.74) is 0.282. The van der Waals surface area contributed by atoms with Gasteiger partial charge in [0.15, 0.2) is 0 Å². The zero-order valence-electron chi connectivity index (χ0n) is 14.2. The summed E-state index contributed by atoms with van der Waals surface area (Å²) >= 11 is 0. The minimum Gasteiger partial charge on any atom is -0.444 e. The maximum absolute atomic E-state index is 12.6. The van der Waals surface area contributed by atoms with Gasteiger partial charge in [-0.25, -0.2) is 4.79 Å². The fourth-order valence-electron chi connectivity index (χ4n) is 3.39. The number of hydrogen-bond donors (Lipinski definition) is 1. The Labute approximate surface area is 141 Å². The van der Waals surface area contributed by atoms with Crippen molar-refractivity contribution in [2.75, 3.05) is 0 Å². The van der Waals surface area contributed by atoms with Crippen molar-refractivity contribution in [3.05, 3.63) is 35.4 Å². The van der Waals surface area contributed by atoms with E-state index < -0.39 is 11.7 Å². The summed E-state index contributed by atoms with van der Waals surface area (Å²) in [6.45, 7) is 5.38. The second-order valence-corrected chi connectivity index (χ2v) is 7.28. The number of ether oxygens (including phenoxy) is 1. The van der Waals surface area contributed by atoms with Crippen molar-refractivity contribution in [3.63, 3.8) is 0 Å². The lowest BCUT2D eigenvalue weighted by Crippen LogP contribution is -2.51. The monoisotopic (exact) mass is 330 g/mol. The largest absolute Gasteiger partial charge is 0.444 e. The highest BCUT2D eigenvalue weighted by Gasteiger charge is 2.44. The van der Waals surface area contributed by atoms with Gasteiger partial charge in [0.05, 0.1) is 23.2 Å². The SMILES string of the molecule is CC(C)(C)OC(=O)N[C@H]1CCCC1N1C(=O)c2ccccc2C1=O. The quantitative estimate of drug-likeness (QED) is 0.846. The molecule has 1 unspecified atom stereocenters. The molecule has 6 heteroatoms. The molecule has 1 N–H and O–H groups in total. The van der Waals surface area contributed by atoms with Crippen molar-refractivity contribution < 1.29 is 19.1 Å². The average Bonchev–Trinajstić information content (AvgIpc) is 3.01. The number of imide groups is 1. The number of hydrogen-bond acceptors (Lipinski definition) is 4. The zero-order chi connectivity index (χ0) is 17.5. The molecule has 2 atom stereocenters. The van der Waals surface area contributed by atoms with Crippen molar-refractivity contribution in [2.45, 2.75) is 57.7 Å². The third kappa shape index (κ3) is 3.00. The molecular weight excluding hydrogens is 308 g/mol. The standard InChI is InChI=1S/C18H22N2O4/c1-18(2,3)24-17(23)19-13-9-6-10-14(13)20-15(21)11-7-4-5-8-12(11)16(20)22/h4-5,7-8,13-14H,6,9-10H2,1-3H3,(H,19,23)/t13-,14?/m0/s1. The van der Waals surface area contributed by atoms with E-state index in [1.54, 1.807) is 45.0 Å². The summed E-state index contributed by atoms with van der Waals surface area (Å²) < 4.78 is 5.29. The van der Waals surface area contributed by atoms with Gasteiger partial charge in [-0.1, -0.05) is 12.1 Å². The first kappa shape index (κ1) is 16.5. The summed E-state index contributed by atoms with van der Waals surface area (Å²) in [4.78, 5) is 38.6. The van der Waals surface area contributed by atoms with E-state index in [0.717, 1.165) is 12.8 Å². The molecule has 128 valence electrons. The van der Waals surface area contributed by atoms with Gasteiger partial charge >= 0.3 is 6.09 Å². The molecule has 0 bridgehead atoms. The average molecular weight is 330 g/mol. The molecule has 1 heterocycles. The highest BCUT2D eigenvalue weighted by Crippen LogP contribution is 2.32. The molecule has 24 heavy (non-hydrogen) atoms. The van der Waals surface area contributed by atoms with Crippen LogP contribution in [0.3, 0.4) is 0 Å². The maximum atomic E-state index is 12.6. The van der Waals surface area contributed by atoms with Crippen molar-refractivity contribution in [3.8, 4) is 0 Å². The Kier molecular flexibility index (Phi) is 4.07. The Hall–Kier alpha value is -2.37. The highest BCUT2D eigenvalue weighted by molar-refractivity contribution is 6.21. The molecule has 0 aromatic heterocycles. The van der Waals surface area contributed by atoms with Crippen LogP contribution in [0.1, 0.15) is 60.7 Å². The molecule has 3 rings (SSSR count). The number of fused-ring (bicyclic) bond motifs is 1. The van der Waals surface area contributed by atoms with Crippen LogP contribution in [-0.4, -0.2) is 40.5 Å². The van der Waals surface area contributed by atoms with Crippen LogP contribution in [0, 0.1) is 0 Å². The predicted octanol–water partition coefficient (Wildman–Crippen LogP) is 2.73. The van der Waals surface area contributed by atoms with Gasteiger partial charge in [-0.2, -0.15) is 0 Å². The molecule has 6 nitrogen and oxygen atoms in total. The smallest absolute Gasteiger partial charge is 0.407 e. The lowest BCUT2D eigenvalue weighted by atomic mass is 10.1. The van der Waals surface area contributed by atoms with Gasteiger partial charge in [0.1, 0.15) is 5.60 Å². The fraction of sp³-hybridized carbons (Fsp3) is 0.500. The second-order valence-electron chi connectivity index (χ2n) is 7.28. The van der Waals surface area contributed by atoms with E-state index in [4.69, 9.17) is 4.74 Å². The Balaban J connectivity index is 1.76. The lowest BCUT2D eigenvalue weighted by molar-refractivity contribution is 0.0431. The summed E-state index contributed by atoms with van der Waals surface area (Å²) in [5.74, 6) is -0.558. The lowest BCUT2D eigenvalue weighted by Gasteiger charge is -2.29. The van der Waals surface area contributed by atoms with Crippen molar-refractivity contribution in [2.24, 2.45) is 0 Å². The maximum Gasteiger partial charge on any atom is 0.407 e. The van der Waals surface area contributed by atoms with E-state index in [9.17, 15) is 14.4 Å².